The number of rotatable bonds is 7. The van der Waals surface area contributed by atoms with Crippen LogP contribution in [-0.4, -0.2) is 24.0 Å². The molecule has 4 nitrogen and oxygen atoms in total. The van der Waals surface area contributed by atoms with Crippen LogP contribution in [-0.2, 0) is 6.54 Å². The third kappa shape index (κ3) is 6.33. The van der Waals surface area contributed by atoms with Crippen LogP contribution in [0.15, 0.2) is 41.5 Å². The lowest BCUT2D eigenvalue weighted by atomic mass is 10.1. The van der Waals surface area contributed by atoms with Crippen LogP contribution in [0.4, 0.5) is 0 Å². The van der Waals surface area contributed by atoms with E-state index in [1.807, 2.05) is 12.3 Å². The molecule has 0 aliphatic carbocycles. The summed E-state index contributed by atoms with van der Waals surface area (Å²) in [6.07, 6.45) is 5.50. The average Bonchev–Trinajstić information content (AvgIpc) is 2.56. The first-order valence-corrected chi connectivity index (χ1v) is 8.20. The van der Waals surface area contributed by atoms with E-state index in [1.54, 1.807) is 0 Å². The fourth-order valence-corrected chi connectivity index (χ4v) is 2.38. The number of nitrogens with one attached hydrogen (secondary N) is 2. The predicted molar refractivity (Wildman–Crippen MR) is 110 cm³/mol. The minimum absolute atomic E-state index is 0. The number of hydrogen-bond acceptors (Lipinski definition) is 2. The van der Waals surface area contributed by atoms with Gasteiger partial charge in [-0.25, -0.2) is 4.99 Å². The van der Waals surface area contributed by atoms with Crippen molar-refractivity contribution in [3.63, 3.8) is 0 Å². The molecule has 5 heteroatoms. The molecule has 0 saturated carbocycles. The van der Waals surface area contributed by atoms with Gasteiger partial charge in [0.05, 0.1) is 12.1 Å². The molecule has 1 heterocycles. The van der Waals surface area contributed by atoms with Gasteiger partial charge in [0.1, 0.15) is 0 Å². The highest BCUT2D eigenvalue weighted by Gasteiger charge is 2.02. The van der Waals surface area contributed by atoms with E-state index in [-0.39, 0.29) is 24.0 Å². The van der Waals surface area contributed by atoms with Crippen LogP contribution in [0.1, 0.15) is 38.7 Å². The maximum Gasteiger partial charge on any atom is 0.191 e. The molecule has 1 aromatic carbocycles. The summed E-state index contributed by atoms with van der Waals surface area (Å²) in [6, 6.07) is 10.3. The number of nitrogens with zero attached hydrogens (tertiary/aromatic N) is 2. The largest absolute Gasteiger partial charge is 0.357 e. The van der Waals surface area contributed by atoms with E-state index in [9.17, 15) is 0 Å². The summed E-state index contributed by atoms with van der Waals surface area (Å²) >= 11 is 0. The molecular weight excluding hydrogens is 399 g/mol. The van der Waals surface area contributed by atoms with Gasteiger partial charge in [0.15, 0.2) is 5.96 Å². The van der Waals surface area contributed by atoms with E-state index < -0.39 is 0 Å². The molecule has 0 bridgehead atoms. The van der Waals surface area contributed by atoms with Crippen LogP contribution in [0, 0.1) is 0 Å². The van der Waals surface area contributed by atoms with E-state index in [1.165, 1.54) is 19.3 Å². The van der Waals surface area contributed by atoms with Crippen LogP contribution < -0.4 is 10.6 Å². The summed E-state index contributed by atoms with van der Waals surface area (Å²) in [5, 5.41) is 7.85. The average molecular weight is 426 g/mol. The number of aromatic nitrogens is 1. The first-order valence-electron chi connectivity index (χ1n) is 8.20. The standard InChI is InChI=1S/C18H26N4.HI/c1-3-5-6-12-21-18(19-4-2)22-14-16-10-7-9-15-11-8-13-20-17(15)16;/h7-11,13H,3-6,12,14H2,1-2H3,(H2,19,21,22);1H. The number of hydrogen-bond donors (Lipinski definition) is 2. The Labute approximate surface area is 156 Å². The molecular formula is C18H27IN4. The van der Waals surface area contributed by atoms with Gasteiger partial charge in [-0.05, 0) is 25.0 Å². The Balaban J connectivity index is 0.00000264. The third-order valence-electron chi connectivity index (χ3n) is 3.54. The van der Waals surface area contributed by atoms with Crippen LogP contribution in [0.2, 0.25) is 0 Å². The number of fused-ring (bicyclic) bond motifs is 1. The number of para-hydroxylation sites is 1. The predicted octanol–water partition coefficient (Wildman–Crippen LogP) is 4.10. The van der Waals surface area contributed by atoms with Crippen LogP contribution >= 0.6 is 24.0 Å². The molecule has 0 amide bonds. The van der Waals surface area contributed by atoms with Gasteiger partial charge in [0, 0.05) is 24.7 Å². The van der Waals surface area contributed by atoms with E-state index in [4.69, 9.17) is 0 Å². The van der Waals surface area contributed by atoms with Crippen molar-refractivity contribution in [2.24, 2.45) is 4.99 Å². The minimum Gasteiger partial charge on any atom is -0.357 e. The van der Waals surface area contributed by atoms with Crippen molar-refractivity contribution in [3.05, 3.63) is 42.1 Å². The quantitative estimate of drug-likeness (QED) is 0.303. The summed E-state index contributed by atoms with van der Waals surface area (Å²) in [6.45, 7) is 6.77. The molecule has 0 unspecified atom stereocenters. The highest BCUT2D eigenvalue weighted by atomic mass is 127. The Morgan fingerprint density at radius 2 is 1.91 bits per heavy atom. The van der Waals surface area contributed by atoms with Gasteiger partial charge in [-0.2, -0.15) is 0 Å². The zero-order valence-electron chi connectivity index (χ0n) is 14.0. The van der Waals surface area contributed by atoms with Crippen LogP contribution in [0.5, 0.6) is 0 Å². The normalized spacial score (nSPS) is 11.1. The van der Waals surface area contributed by atoms with Crippen molar-refractivity contribution in [1.82, 2.24) is 15.6 Å². The number of halogens is 1. The van der Waals surface area contributed by atoms with Gasteiger partial charge >= 0.3 is 0 Å². The van der Waals surface area contributed by atoms with Crippen LogP contribution in [0.3, 0.4) is 0 Å². The van der Waals surface area contributed by atoms with E-state index >= 15 is 0 Å². The fraction of sp³-hybridized carbons (Fsp3) is 0.444. The van der Waals surface area contributed by atoms with Crippen molar-refractivity contribution in [1.29, 1.82) is 0 Å². The monoisotopic (exact) mass is 426 g/mol. The van der Waals surface area contributed by atoms with Gasteiger partial charge in [-0.1, -0.05) is 44.0 Å². The first kappa shape index (κ1) is 19.7. The molecule has 0 radical (unpaired) electrons. The molecule has 0 aliphatic rings. The molecule has 1 aromatic heterocycles. The summed E-state index contributed by atoms with van der Waals surface area (Å²) in [5.74, 6) is 0.881. The Kier molecular flexibility index (Phi) is 9.59. The van der Waals surface area contributed by atoms with Crippen molar-refractivity contribution >= 4 is 40.8 Å². The number of benzene rings is 1. The van der Waals surface area contributed by atoms with Gasteiger partial charge in [-0.15, -0.1) is 24.0 Å². The van der Waals surface area contributed by atoms with E-state index in [0.717, 1.165) is 35.5 Å². The van der Waals surface area contributed by atoms with Gasteiger partial charge in [0.2, 0.25) is 0 Å². The molecule has 2 N–H and O–H groups in total. The van der Waals surface area contributed by atoms with Gasteiger partial charge in [-0.3, -0.25) is 4.98 Å². The second-order valence-electron chi connectivity index (χ2n) is 5.32. The first-order chi connectivity index (χ1) is 10.8. The third-order valence-corrected chi connectivity index (χ3v) is 3.54. The SMILES string of the molecule is CCCCCNC(=NCc1cccc2cccnc12)NCC.I. The lowest BCUT2D eigenvalue weighted by Gasteiger charge is -2.11. The minimum atomic E-state index is 0. The molecule has 2 rings (SSSR count). The lowest BCUT2D eigenvalue weighted by molar-refractivity contribution is 0.683. The Bertz CT molecular complexity index is 607. The second kappa shape index (κ2) is 11.2. The zero-order valence-corrected chi connectivity index (χ0v) is 16.3. The number of guanidine groups is 1. The smallest absolute Gasteiger partial charge is 0.191 e. The number of aliphatic imine (C=N–C) groups is 1. The fourth-order valence-electron chi connectivity index (χ4n) is 2.38. The van der Waals surface area contributed by atoms with E-state index in [2.05, 4.69) is 58.7 Å². The van der Waals surface area contributed by atoms with Crippen LogP contribution in [0.25, 0.3) is 10.9 Å². The maximum absolute atomic E-state index is 4.69. The van der Waals surface area contributed by atoms with Crippen molar-refractivity contribution in [2.75, 3.05) is 13.1 Å². The molecule has 0 saturated heterocycles. The number of unbranched alkanes of at least 4 members (excludes halogenated alkanes) is 2. The topological polar surface area (TPSA) is 49.3 Å². The Hall–Kier alpha value is -1.37. The number of pyridine rings is 1. The Morgan fingerprint density at radius 1 is 1.09 bits per heavy atom. The van der Waals surface area contributed by atoms with Crippen molar-refractivity contribution in [3.8, 4) is 0 Å². The molecule has 2 aromatic rings. The molecule has 0 spiro atoms. The lowest BCUT2D eigenvalue weighted by Crippen LogP contribution is -2.37. The van der Waals surface area contributed by atoms with Crippen molar-refractivity contribution in [2.45, 2.75) is 39.7 Å². The molecule has 0 fully saturated rings. The highest BCUT2D eigenvalue weighted by molar-refractivity contribution is 14.0. The summed E-state index contributed by atoms with van der Waals surface area (Å²) in [7, 11) is 0. The second-order valence-corrected chi connectivity index (χ2v) is 5.32. The zero-order chi connectivity index (χ0) is 15.6. The van der Waals surface area contributed by atoms with Crippen molar-refractivity contribution < 1.29 is 0 Å². The maximum atomic E-state index is 4.69. The van der Waals surface area contributed by atoms with Gasteiger partial charge < -0.3 is 10.6 Å². The molecule has 0 atom stereocenters. The summed E-state index contributed by atoms with van der Waals surface area (Å²) in [5.41, 5.74) is 2.19. The molecule has 0 aliphatic heterocycles. The molecule has 126 valence electrons. The highest BCUT2D eigenvalue weighted by Crippen LogP contribution is 2.16. The Morgan fingerprint density at radius 3 is 2.70 bits per heavy atom. The van der Waals surface area contributed by atoms with E-state index in [0.29, 0.717) is 6.54 Å². The summed E-state index contributed by atoms with van der Waals surface area (Å²) < 4.78 is 0. The van der Waals surface area contributed by atoms with Gasteiger partial charge in [0.25, 0.3) is 0 Å². The molecule has 23 heavy (non-hydrogen) atoms. The summed E-state index contributed by atoms with van der Waals surface area (Å²) in [4.78, 5) is 9.17.